The Morgan fingerprint density at radius 3 is 2.71 bits per heavy atom. The van der Waals surface area contributed by atoms with Gasteiger partial charge in [-0.15, -0.1) is 16.9 Å². The first-order valence-electron chi connectivity index (χ1n) is 4.73. The van der Waals surface area contributed by atoms with Crippen LogP contribution in [0.4, 0.5) is 0 Å². The summed E-state index contributed by atoms with van der Waals surface area (Å²) in [5.74, 6) is 3.24. The molecular weight excluding hydrogens is 208 g/mol. The quantitative estimate of drug-likeness (QED) is 0.604. The van der Waals surface area contributed by atoms with E-state index in [0.29, 0.717) is 0 Å². The first-order valence-corrected chi connectivity index (χ1v) is 9.11. The van der Waals surface area contributed by atoms with E-state index in [-0.39, 0.29) is 6.61 Å². The third-order valence-electron chi connectivity index (χ3n) is 1.68. The summed E-state index contributed by atoms with van der Waals surface area (Å²) < 4.78 is 0. The lowest BCUT2D eigenvalue weighted by Gasteiger charge is -2.03. The molecule has 0 fully saturated rings. The van der Waals surface area contributed by atoms with Gasteiger partial charge in [-0.3, -0.25) is 0 Å². The van der Waals surface area contributed by atoms with Crippen molar-refractivity contribution in [3.63, 3.8) is 0 Å². The van der Waals surface area contributed by atoms with Gasteiger partial charge in [0.15, 0.2) is 0 Å². The molecule has 1 rings (SSSR count). The highest BCUT2D eigenvalue weighted by Gasteiger charge is 2.08. The summed E-state index contributed by atoms with van der Waals surface area (Å²) in [4.78, 5) is 1.13. The maximum Gasteiger partial charge on any atom is 0.129 e. The summed E-state index contributed by atoms with van der Waals surface area (Å²) in [6.45, 7) is 6.91. The van der Waals surface area contributed by atoms with Gasteiger partial charge in [-0.2, -0.15) is 0 Å². The Balaban J connectivity index is 2.84. The molecule has 3 heteroatoms. The summed E-state index contributed by atoms with van der Waals surface area (Å²) in [7, 11) is -1.28. The van der Waals surface area contributed by atoms with Crippen molar-refractivity contribution >= 4 is 19.4 Å². The average molecular weight is 224 g/mol. The predicted octanol–water partition coefficient (Wildman–Crippen LogP) is 2.51. The fourth-order valence-electron chi connectivity index (χ4n) is 1.01. The van der Waals surface area contributed by atoms with Crippen LogP contribution in [0.1, 0.15) is 10.4 Å². The lowest BCUT2D eigenvalue weighted by Crippen LogP contribution is -2.16. The molecule has 0 aliphatic rings. The maximum absolute atomic E-state index is 8.86. The van der Waals surface area contributed by atoms with Crippen LogP contribution in [0.25, 0.3) is 0 Å². The van der Waals surface area contributed by atoms with E-state index in [1.54, 1.807) is 11.3 Å². The zero-order valence-corrected chi connectivity index (χ0v) is 10.7. The van der Waals surface area contributed by atoms with Gasteiger partial charge >= 0.3 is 0 Å². The van der Waals surface area contributed by atoms with Gasteiger partial charge in [-0.25, -0.2) is 0 Å². The van der Waals surface area contributed by atoms with Crippen LogP contribution in [-0.4, -0.2) is 19.8 Å². The molecule has 0 aliphatic heterocycles. The normalized spacial score (nSPS) is 10.9. The van der Waals surface area contributed by atoms with Gasteiger partial charge in [0.2, 0.25) is 0 Å². The largest absolute Gasteiger partial charge is 0.396 e. The van der Waals surface area contributed by atoms with Crippen LogP contribution in [0, 0.1) is 11.5 Å². The molecule has 0 amide bonds. The molecule has 1 aromatic rings. The number of aliphatic hydroxyl groups excluding tert-OH is 1. The Morgan fingerprint density at radius 2 is 2.14 bits per heavy atom. The topological polar surface area (TPSA) is 20.2 Å². The van der Waals surface area contributed by atoms with Crippen LogP contribution < -0.4 is 0 Å². The molecular formula is C11H16OSSi. The van der Waals surface area contributed by atoms with Gasteiger partial charge in [0, 0.05) is 6.61 Å². The molecule has 0 bridgehead atoms. The summed E-state index contributed by atoms with van der Waals surface area (Å²) in [6.07, 6.45) is 0.721. The predicted molar refractivity (Wildman–Crippen MR) is 65.3 cm³/mol. The third kappa shape index (κ3) is 3.67. The fraction of sp³-hybridized carbons (Fsp3) is 0.455. The molecule has 0 aliphatic carbocycles. The van der Waals surface area contributed by atoms with Gasteiger partial charge in [0.1, 0.15) is 8.07 Å². The molecule has 1 heterocycles. The molecule has 1 aromatic heterocycles. The van der Waals surface area contributed by atoms with Crippen LogP contribution in [0.15, 0.2) is 11.4 Å². The fourth-order valence-corrected chi connectivity index (χ4v) is 2.40. The van der Waals surface area contributed by atoms with E-state index in [1.807, 2.05) is 5.38 Å². The van der Waals surface area contributed by atoms with Crippen molar-refractivity contribution in [3.05, 3.63) is 21.9 Å². The minimum Gasteiger partial charge on any atom is -0.396 e. The van der Waals surface area contributed by atoms with E-state index in [4.69, 9.17) is 5.11 Å². The lowest BCUT2D eigenvalue weighted by molar-refractivity contribution is 0.299. The molecule has 0 saturated heterocycles. The molecule has 0 unspecified atom stereocenters. The van der Waals surface area contributed by atoms with Crippen LogP contribution >= 0.6 is 11.3 Å². The van der Waals surface area contributed by atoms with Crippen LogP contribution in [0.2, 0.25) is 19.6 Å². The monoisotopic (exact) mass is 224 g/mol. The molecule has 0 spiro atoms. The molecule has 1 nitrogen and oxygen atoms in total. The molecule has 0 saturated carbocycles. The Bertz CT molecular complexity index is 351. The second kappa shape index (κ2) is 4.79. The highest BCUT2D eigenvalue weighted by molar-refractivity contribution is 7.10. The van der Waals surface area contributed by atoms with Gasteiger partial charge in [-0.1, -0.05) is 25.6 Å². The van der Waals surface area contributed by atoms with E-state index in [2.05, 4.69) is 37.2 Å². The van der Waals surface area contributed by atoms with E-state index in [0.717, 1.165) is 11.3 Å². The van der Waals surface area contributed by atoms with Crippen molar-refractivity contribution in [3.8, 4) is 11.5 Å². The molecule has 0 atom stereocenters. The Labute approximate surface area is 90.8 Å². The Kier molecular flexibility index (Phi) is 3.94. The molecule has 0 aromatic carbocycles. The van der Waals surface area contributed by atoms with Crippen molar-refractivity contribution in [2.24, 2.45) is 0 Å². The molecule has 0 radical (unpaired) electrons. The van der Waals surface area contributed by atoms with Gasteiger partial charge in [0.25, 0.3) is 0 Å². The van der Waals surface area contributed by atoms with Crippen LogP contribution in [0.5, 0.6) is 0 Å². The summed E-state index contributed by atoms with van der Waals surface area (Å²) in [6, 6.07) is 2.05. The van der Waals surface area contributed by atoms with Crippen molar-refractivity contribution in [1.29, 1.82) is 0 Å². The highest BCUT2D eigenvalue weighted by atomic mass is 32.1. The zero-order chi connectivity index (χ0) is 10.6. The zero-order valence-electron chi connectivity index (χ0n) is 8.92. The van der Waals surface area contributed by atoms with Crippen molar-refractivity contribution in [2.45, 2.75) is 26.1 Å². The Hall–Kier alpha value is -0.563. The summed E-state index contributed by atoms with van der Waals surface area (Å²) in [5.41, 5.74) is 4.52. The number of hydrogen-bond donors (Lipinski definition) is 1. The number of aliphatic hydroxyl groups is 1. The number of hydrogen-bond acceptors (Lipinski definition) is 2. The SMILES string of the molecule is C[Si](C)(C)C#Cc1sccc1CCO. The van der Waals surface area contributed by atoms with E-state index in [1.165, 1.54) is 5.56 Å². The second-order valence-corrected chi connectivity index (χ2v) is 9.91. The van der Waals surface area contributed by atoms with Gasteiger partial charge in [0.05, 0.1) is 4.88 Å². The van der Waals surface area contributed by atoms with Crippen molar-refractivity contribution < 1.29 is 5.11 Å². The molecule has 14 heavy (non-hydrogen) atoms. The van der Waals surface area contributed by atoms with E-state index < -0.39 is 8.07 Å². The smallest absolute Gasteiger partial charge is 0.129 e. The lowest BCUT2D eigenvalue weighted by atomic mass is 10.2. The minimum absolute atomic E-state index is 0.207. The van der Waals surface area contributed by atoms with E-state index >= 15 is 0 Å². The average Bonchev–Trinajstić information content (AvgIpc) is 2.48. The maximum atomic E-state index is 8.86. The van der Waals surface area contributed by atoms with Crippen LogP contribution in [0.3, 0.4) is 0 Å². The Morgan fingerprint density at radius 1 is 1.43 bits per heavy atom. The first kappa shape index (κ1) is 11.5. The summed E-state index contributed by atoms with van der Waals surface area (Å²) >= 11 is 1.67. The van der Waals surface area contributed by atoms with Crippen LogP contribution in [-0.2, 0) is 6.42 Å². The third-order valence-corrected chi connectivity index (χ3v) is 3.43. The van der Waals surface area contributed by atoms with E-state index in [9.17, 15) is 0 Å². The highest BCUT2D eigenvalue weighted by Crippen LogP contribution is 2.16. The number of rotatable bonds is 2. The number of thiophene rings is 1. The van der Waals surface area contributed by atoms with Crippen molar-refractivity contribution in [1.82, 2.24) is 0 Å². The molecule has 1 N–H and O–H groups in total. The first-order chi connectivity index (χ1) is 6.53. The summed E-state index contributed by atoms with van der Waals surface area (Å²) in [5, 5.41) is 10.9. The molecule has 76 valence electrons. The van der Waals surface area contributed by atoms with Gasteiger partial charge < -0.3 is 5.11 Å². The van der Waals surface area contributed by atoms with Crippen molar-refractivity contribution in [2.75, 3.05) is 6.61 Å². The minimum atomic E-state index is -1.28. The standard InChI is InChI=1S/C11H16OSSi/c1-14(2,3)9-6-11-10(4-7-12)5-8-13-11/h5,8,12H,4,7H2,1-3H3. The second-order valence-electron chi connectivity index (χ2n) is 4.25. The van der Waals surface area contributed by atoms with Gasteiger partial charge in [-0.05, 0) is 23.4 Å².